The Balaban J connectivity index is 2.18. The van der Waals surface area contributed by atoms with Crippen LogP contribution in [-0.4, -0.2) is 23.7 Å². The number of halogens is 3. The number of hydrazine groups is 1. The largest absolute Gasteiger partial charge is 0.402 e. The molecule has 92 valence electrons. The van der Waals surface area contributed by atoms with Crippen molar-refractivity contribution >= 4 is 11.7 Å². The quantitative estimate of drug-likeness (QED) is 0.823. The molecule has 8 heteroatoms. The van der Waals surface area contributed by atoms with Gasteiger partial charge in [0.25, 0.3) is 0 Å². The number of urea groups is 1. The monoisotopic (exact) mass is 246 g/mol. The Morgan fingerprint density at radius 3 is 3.00 bits per heavy atom. The summed E-state index contributed by atoms with van der Waals surface area (Å²) in [5.74, 6) is 0. The van der Waals surface area contributed by atoms with Crippen molar-refractivity contribution in [1.82, 2.24) is 15.7 Å². The van der Waals surface area contributed by atoms with Crippen molar-refractivity contribution in [1.29, 1.82) is 0 Å². The second-order valence-electron chi connectivity index (χ2n) is 3.41. The molecular formula is C9H9F3N4O. The molecule has 2 amide bonds. The summed E-state index contributed by atoms with van der Waals surface area (Å²) >= 11 is 0. The second-order valence-corrected chi connectivity index (χ2v) is 3.41. The van der Waals surface area contributed by atoms with Gasteiger partial charge in [-0.2, -0.15) is 13.2 Å². The molecule has 0 radical (unpaired) electrons. The highest BCUT2D eigenvalue weighted by Gasteiger charge is 2.31. The zero-order valence-corrected chi connectivity index (χ0v) is 8.58. The molecule has 0 unspecified atom stereocenters. The number of carbonyl (C=O) groups excluding carboxylic acids is 1. The number of nitrogens with zero attached hydrogens (tertiary/aromatic N) is 2. The smallest absolute Gasteiger partial charge is 0.331 e. The number of carbonyl (C=O) groups is 1. The number of anilines is 1. The van der Waals surface area contributed by atoms with Crippen LogP contribution in [0.4, 0.5) is 23.7 Å². The molecule has 0 aromatic carbocycles. The van der Waals surface area contributed by atoms with Crippen molar-refractivity contribution in [2.24, 2.45) is 0 Å². The van der Waals surface area contributed by atoms with Crippen molar-refractivity contribution < 1.29 is 18.0 Å². The summed E-state index contributed by atoms with van der Waals surface area (Å²) in [6.45, 7) is -1.08. The Morgan fingerprint density at radius 1 is 1.53 bits per heavy atom. The molecule has 1 aromatic rings. The first kappa shape index (κ1) is 11.6. The third-order valence-electron chi connectivity index (χ3n) is 2.15. The standard InChI is InChI=1S/C9H9F3N4O/c10-9(11,12)5-15-16-7-2-1-3-13-6(7)4-14-8(16)17/h1-3,15H,4-5H2,(H,14,17). The Labute approximate surface area is 94.6 Å². The fourth-order valence-electron chi connectivity index (χ4n) is 1.44. The molecule has 0 saturated heterocycles. The average Bonchev–Trinajstić information content (AvgIpc) is 2.26. The molecule has 2 N–H and O–H groups in total. The number of amides is 2. The molecule has 0 atom stereocenters. The van der Waals surface area contributed by atoms with Crippen LogP contribution in [0.15, 0.2) is 18.3 Å². The maximum Gasteiger partial charge on any atom is 0.402 e. The van der Waals surface area contributed by atoms with Gasteiger partial charge in [-0.15, -0.1) is 0 Å². The van der Waals surface area contributed by atoms with Crippen molar-refractivity contribution in [3.8, 4) is 0 Å². The van der Waals surface area contributed by atoms with Crippen molar-refractivity contribution in [2.75, 3.05) is 11.6 Å². The molecule has 1 aromatic heterocycles. The van der Waals surface area contributed by atoms with Gasteiger partial charge in [0.15, 0.2) is 0 Å². The fourth-order valence-corrected chi connectivity index (χ4v) is 1.44. The Bertz CT molecular complexity index is 434. The summed E-state index contributed by atoms with van der Waals surface area (Å²) < 4.78 is 36.2. The van der Waals surface area contributed by atoms with E-state index in [4.69, 9.17) is 0 Å². The average molecular weight is 246 g/mol. The van der Waals surface area contributed by atoms with E-state index in [2.05, 4.69) is 10.3 Å². The predicted octanol–water partition coefficient (Wildman–Crippen LogP) is 1.18. The number of nitrogens with one attached hydrogen (secondary N) is 2. The highest BCUT2D eigenvalue weighted by atomic mass is 19.4. The number of alkyl halides is 3. The van der Waals surface area contributed by atoms with Gasteiger partial charge in [0.1, 0.15) is 6.54 Å². The van der Waals surface area contributed by atoms with Gasteiger partial charge in [0, 0.05) is 6.20 Å². The van der Waals surface area contributed by atoms with Crippen LogP contribution in [0.3, 0.4) is 0 Å². The highest BCUT2D eigenvalue weighted by molar-refractivity contribution is 5.93. The van der Waals surface area contributed by atoms with E-state index in [1.807, 2.05) is 5.43 Å². The van der Waals surface area contributed by atoms with Gasteiger partial charge in [-0.3, -0.25) is 4.98 Å². The van der Waals surface area contributed by atoms with Crippen LogP contribution in [0.25, 0.3) is 0 Å². The summed E-state index contributed by atoms with van der Waals surface area (Å²) in [6.07, 6.45) is -2.88. The molecule has 1 aliphatic rings. The van der Waals surface area contributed by atoms with Crippen LogP contribution in [0.5, 0.6) is 0 Å². The number of pyridine rings is 1. The molecule has 2 rings (SSSR count). The molecular weight excluding hydrogens is 237 g/mol. The Morgan fingerprint density at radius 2 is 2.29 bits per heavy atom. The highest BCUT2D eigenvalue weighted by Crippen LogP contribution is 2.21. The lowest BCUT2D eigenvalue weighted by atomic mass is 10.2. The van der Waals surface area contributed by atoms with Crippen molar-refractivity contribution in [2.45, 2.75) is 12.7 Å². The molecule has 5 nitrogen and oxygen atoms in total. The lowest BCUT2D eigenvalue weighted by Gasteiger charge is -2.29. The van der Waals surface area contributed by atoms with Gasteiger partial charge in [0.2, 0.25) is 0 Å². The van der Waals surface area contributed by atoms with Crippen LogP contribution >= 0.6 is 0 Å². The topological polar surface area (TPSA) is 57.3 Å². The van der Waals surface area contributed by atoms with Crippen LogP contribution in [0, 0.1) is 0 Å². The molecule has 2 heterocycles. The van der Waals surface area contributed by atoms with E-state index in [-0.39, 0.29) is 6.54 Å². The third kappa shape index (κ3) is 2.64. The molecule has 0 spiro atoms. The van der Waals surface area contributed by atoms with Crippen LogP contribution in [0.2, 0.25) is 0 Å². The summed E-state index contributed by atoms with van der Waals surface area (Å²) in [5.41, 5.74) is 2.87. The SMILES string of the molecule is O=C1NCc2ncccc2N1NCC(F)(F)F. The van der Waals surface area contributed by atoms with E-state index in [1.54, 1.807) is 6.07 Å². The second kappa shape index (κ2) is 4.21. The Hall–Kier alpha value is -1.83. The fraction of sp³-hybridized carbons (Fsp3) is 0.333. The van der Waals surface area contributed by atoms with E-state index < -0.39 is 18.8 Å². The van der Waals surface area contributed by atoms with Crippen LogP contribution in [0.1, 0.15) is 5.69 Å². The first-order valence-electron chi connectivity index (χ1n) is 4.79. The molecule has 17 heavy (non-hydrogen) atoms. The lowest BCUT2D eigenvalue weighted by Crippen LogP contribution is -2.54. The molecule has 0 bridgehead atoms. The Kier molecular flexibility index (Phi) is 2.88. The normalized spacial score (nSPS) is 15.5. The zero-order chi connectivity index (χ0) is 12.5. The lowest BCUT2D eigenvalue weighted by molar-refractivity contribution is -0.124. The third-order valence-corrected chi connectivity index (χ3v) is 2.15. The van der Waals surface area contributed by atoms with Gasteiger partial charge < -0.3 is 5.32 Å². The summed E-state index contributed by atoms with van der Waals surface area (Å²) in [7, 11) is 0. The summed E-state index contributed by atoms with van der Waals surface area (Å²) in [5, 5.41) is 3.24. The van der Waals surface area contributed by atoms with Gasteiger partial charge in [0.05, 0.1) is 17.9 Å². The minimum atomic E-state index is -4.39. The van der Waals surface area contributed by atoms with E-state index in [9.17, 15) is 18.0 Å². The van der Waals surface area contributed by atoms with Gasteiger partial charge in [-0.1, -0.05) is 0 Å². The van der Waals surface area contributed by atoms with E-state index in [0.717, 1.165) is 5.01 Å². The van der Waals surface area contributed by atoms with Crippen LogP contribution < -0.4 is 15.8 Å². The molecule has 0 fully saturated rings. The van der Waals surface area contributed by atoms with E-state index >= 15 is 0 Å². The first-order valence-corrected chi connectivity index (χ1v) is 4.79. The molecule has 0 saturated carbocycles. The number of hydrogen-bond acceptors (Lipinski definition) is 3. The van der Waals surface area contributed by atoms with Crippen molar-refractivity contribution in [3.05, 3.63) is 24.0 Å². The number of rotatable bonds is 2. The maximum atomic E-state index is 12.1. The number of hydrogen-bond donors (Lipinski definition) is 2. The summed E-state index contributed by atoms with van der Waals surface area (Å²) in [4.78, 5) is 15.4. The van der Waals surface area contributed by atoms with E-state index in [0.29, 0.717) is 11.4 Å². The predicted molar refractivity (Wildman–Crippen MR) is 53.0 cm³/mol. The van der Waals surface area contributed by atoms with Gasteiger partial charge >= 0.3 is 12.2 Å². The number of fused-ring (bicyclic) bond motifs is 1. The molecule has 0 aliphatic carbocycles. The first-order chi connectivity index (χ1) is 7.97. The number of aromatic nitrogens is 1. The zero-order valence-electron chi connectivity index (χ0n) is 8.58. The van der Waals surface area contributed by atoms with Gasteiger partial charge in [-0.25, -0.2) is 15.2 Å². The van der Waals surface area contributed by atoms with Crippen LogP contribution in [-0.2, 0) is 6.54 Å². The van der Waals surface area contributed by atoms with E-state index in [1.165, 1.54) is 12.3 Å². The summed E-state index contributed by atoms with van der Waals surface area (Å²) in [6, 6.07) is 2.46. The minimum absolute atomic E-state index is 0.208. The van der Waals surface area contributed by atoms with Crippen molar-refractivity contribution in [3.63, 3.8) is 0 Å². The molecule has 1 aliphatic heterocycles. The maximum absolute atomic E-state index is 12.1. The van der Waals surface area contributed by atoms with Gasteiger partial charge in [-0.05, 0) is 12.1 Å². The minimum Gasteiger partial charge on any atom is -0.331 e.